The van der Waals surface area contributed by atoms with E-state index >= 15 is 0 Å². The van der Waals surface area contributed by atoms with Crippen molar-refractivity contribution in [1.29, 1.82) is 0 Å². The van der Waals surface area contributed by atoms with Gasteiger partial charge < -0.3 is 5.11 Å². The number of hydrogen-bond donors (Lipinski definition) is 1. The lowest BCUT2D eigenvalue weighted by Crippen LogP contribution is -1.78. The van der Waals surface area contributed by atoms with Gasteiger partial charge in [0.1, 0.15) is 0 Å². The van der Waals surface area contributed by atoms with Crippen molar-refractivity contribution in [3.63, 3.8) is 0 Å². The maximum Gasteiger partial charge on any atom is 0.0431 e. The van der Waals surface area contributed by atoms with Crippen LogP contribution in [0.25, 0.3) is 0 Å². The van der Waals surface area contributed by atoms with E-state index in [1.807, 2.05) is 36.4 Å². The molecule has 0 fully saturated rings. The second-order valence-electron chi connectivity index (χ2n) is 4.34. The van der Waals surface area contributed by atoms with Crippen LogP contribution in [0.15, 0.2) is 48.6 Å². The van der Waals surface area contributed by atoms with Crippen molar-refractivity contribution in [2.24, 2.45) is 0 Å². The molecule has 1 aliphatic carbocycles. The van der Waals surface area contributed by atoms with Crippen molar-refractivity contribution in [2.45, 2.75) is 51.9 Å². The molecule has 0 spiro atoms. The van der Waals surface area contributed by atoms with Gasteiger partial charge in [0.15, 0.2) is 0 Å². The van der Waals surface area contributed by atoms with Crippen LogP contribution in [-0.2, 0) is 0 Å². The lowest BCUT2D eigenvalue weighted by molar-refractivity contribution is 0.284. The Bertz CT molecular complexity index is 215. The first-order valence-electron chi connectivity index (χ1n) is 7.17. The van der Waals surface area contributed by atoms with E-state index in [-0.39, 0.29) is 0 Å². The number of unbranched alkanes of at least 4 members (excludes halogenated alkanes) is 2. The summed E-state index contributed by atoms with van der Waals surface area (Å²) in [6.45, 7) is 2.48. The Kier molecular flexibility index (Phi) is 15.0. The van der Waals surface area contributed by atoms with Gasteiger partial charge in [-0.05, 0) is 32.1 Å². The van der Waals surface area contributed by atoms with Gasteiger partial charge in [0.2, 0.25) is 0 Å². The van der Waals surface area contributed by atoms with E-state index in [4.69, 9.17) is 5.11 Å². The van der Waals surface area contributed by atoms with Gasteiger partial charge in [-0.2, -0.15) is 0 Å². The number of aliphatic hydroxyl groups is 1. The summed E-state index contributed by atoms with van der Waals surface area (Å²) in [6.07, 6.45) is 13.3. The second-order valence-corrected chi connectivity index (χ2v) is 4.34. The van der Waals surface area contributed by atoms with E-state index in [1.165, 1.54) is 32.1 Å². The fourth-order valence-electron chi connectivity index (χ4n) is 1.51. The van der Waals surface area contributed by atoms with Gasteiger partial charge in [-0.3, -0.25) is 0 Å². The smallest absolute Gasteiger partial charge is 0.0431 e. The largest absolute Gasteiger partial charge is 0.396 e. The maximum atomic E-state index is 8.20. The first kappa shape index (κ1) is 16.9. The molecule has 1 aromatic carbocycles. The minimum atomic E-state index is 0.355. The average Bonchev–Trinajstić information content (AvgIpc) is 2.50. The van der Waals surface area contributed by atoms with Crippen LogP contribution in [0.3, 0.4) is 0 Å². The molecule has 0 atom stereocenters. The molecule has 18 heavy (non-hydrogen) atoms. The topological polar surface area (TPSA) is 20.2 Å². The van der Waals surface area contributed by atoms with E-state index in [9.17, 15) is 0 Å². The van der Waals surface area contributed by atoms with Gasteiger partial charge in [0, 0.05) is 6.61 Å². The molecule has 0 saturated heterocycles. The zero-order chi connectivity index (χ0) is 13.3. The highest BCUT2D eigenvalue weighted by molar-refractivity contribution is 4.99. The van der Waals surface area contributed by atoms with Crippen LogP contribution in [0, 0.1) is 0 Å². The molecule has 0 aromatic heterocycles. The molecule has 0 aliphatic heterocycles. The van der Waals surface area contributed by atoms with Gasteiger partial charge in [0.05, 0.1) is 0 Å². The zero-order valence-corrected chi connectivity index (χ0v) is 11.7. The predicted molar refractivity (Wildman–Crippen MR) is 80.7 cm³/mol. The minimum Gasteiger partial charge on any atom is -0.396 e. The standard InChI is InChI=1S/C6H10.C6H6.C5H12O/c2*1-2-4-6-5-3-1;1-2-3-4-5-6/h1-2H,3-6H2;1-6H;6H,2-5H2,1H3. The zero-order valence-electron chi connectivity index (χ0n) is 11.7. The Balaban J connectivity index is 0.000000241. The summed E-state index contributed by atoms with van der Waals surface area (Å²) in [4.78, 5) is 0. The Hall–Kier alpha value is -1.08. The quantitative estimate of drug-likeness (QED) is 0.591. The molecule has 1 aromatic rings. The summed E-state index contributed by atoms with van der Waals surface area (Å²) in [5.74, 6) is 0. The predicted octanol–water partition coefficient (Wildman–Crippen LogP) is 4.97. The molecule has 1 N–H and O–H groups in total. The summed E-state index contributed by atoms with van der Waals surface area (Å²) >= 11 is 0. The molecular weight excluding hydrogens is 220 g/mol. The third-order valence-electron chi connectivity index (χ3n) is 2.59. The van der Waals surface area contributed by atoms with Crippen LogP contribution in [0.2, 0.25) is 0 Å². The molecular formula is C17H28O. The fourth-order valence-corrected chi connectivity index (χ4v) is 1.51. The molecule has 0 saturated carbocycles. The summed E-state index contributed by atoms with van der Waals surface area (Å²) in [7, 11) is 0. The third-order valence-corrected chi connectivity index (χ3v) is 2.59. The lowest BCUT2D eigenvalue weighted by atomic mass is 10.1. The summed E-state index contributed by atoms with van der Waals surface area (Å²) in [6, 6.07) is 12.0. The highest BCUT2D eigenvalue weighted by Gasteiger charge is 1.87. The van der Waals surface area contributed by atoms with Crippen molar-refractivity contribution in [1.82, 2.24) is 0 Å². The Labute approximate surface area is 113 Å². The Morgan fingerprint density at radius 3 is 1.39 bits per heavy atom. The van der Waals surface area contributed by atoms with Gasteiger partial charge in [0.25, 0.3) is 0 Å². The van der Waals surface area contributed by atoms with Crippen molar-refractivity contribution in [2.75, 3.05) is 6.61 Å². The van der Waals surface area contributed by atoms with Gasteiger partial charge in [-0.15, -0.1) is 0 Å². The Morgan fingerprint density at radius 2 is 1.22 bits per heavy atom. The van der Waals surface area contributed by atoms with Crippen LogP contribution >= 0.6 is 0 Å². The maximum absolute atomic E-state index is 8.20. The number of aliphatic hydroxyl groups excluding tert-OH is 1. The second kappa shape index (κ2) is 15.9. The molecule has 0 bridgehead atoms. The Morgan fingerprint density at radius 1 is 0.778 bits per heavy atom. The molecule has 0 radical (unpaired) electrons. The van der Waals surface area contributed by atoms with Crippen molar-refractivity contribution >= 4 is 0 Å². The fraction of sp³-hybridized carbons (Fsp3) is 0.529. The third kappa shape index (κ3) is 14.9. The summed E-state index contributed by atoms with van der Waals surface area (Å²) in [5, 5.41) is 8.20. The van der Waals surface area contributed by atoms with E-state index in [1.54, 1.807) is 0 Å². The highest BCUT2D eigenvalue weighted by Crippen LogP contribution is 2.07. The molecule has 1 heteroatoms. The van der Waals surface area contributed by atoms with Crippen LogP contribution in [0.1, 0.15) is 51.9 Å². The van der Waals surface area contributed by atoms with Crippen LogP contribution in [-0.4, -0.2) is 11.7 Å². The molecule has 102 valence electrons. The molecule has 0 heterocycles. The minimum absolute atomic E-state index is 0.355. The van der Waals surface area contributed by atoms with E-state index in [2.05, 4.69) is 19.1 Å². The monoisotopic (exact) mass is 248 g/mol. The first-order valence-corrected chi connectivity index (χ1v) is 7.17. The molecule has 0 unspecified atom stereocenters. The average molecular weight is 248 g/mol. The van der Waals surface area contributed by atoms with Crippen LogP contribution in [0.4, 0.5) is 0 Å². The van der Waals surface area contributed by atoms with Gasteiger partial charge in [-0.1, -0.05) is 68.3 Å². The van der Waals surface area contributed by atoms with Crippen LogP contribution < -0.4 is 0 Å². The number of hydrogen-bond acceptors (Lipinski definition) is 1. The van der Waals surface area contributed by atoms with Gasteiger partial charge >= 0.3 is 0 Å². The van der Waals surface area contributed by atoms with E-state index < -0.39 is 0 Å². The van der Waals surface area contributed by atoms with Crippen molar-refractivity contribution in [3.05, 3.63) is 48.6 Å². The number of rotatable bonds is 3. The summed E-state index contributed by atoms with van der Waals surface area (Å²) in [5.41, 5.74) is 0. The molecule has 2 rings (SSSR count). The summed E-state index contributed by atoms with van der Waals surface area (Å²) < 4.78 is 0. The lowest BCUT2D eigenvalue weighted by Gasteiger charge is -1.97. The van der Waals surface area contributed by atoms with E-state index in [0.29, 0.717) is 6.61 Å². The SMILES string of the molecule is C1=CCCCC1.CCCCCO.c1ccccc1. The molecule has 0 amide bonds. The number of allylic oxidation sites excluding steroid dienone is 2. The van der Waals surface area contributed by atoms with E-state index in [0.717, 1.165) is 12.8 Å². The first-order chi connectivity index (χ1) is 8.91. The van der Waals surface area contributed by atoms with Crippen molar-refractivity contribution < 1.29 is 5.11 Å². The van der Waals surface area contributed by atoms with Gasteiger partial charge in [-0.25, -0.2) is 0 Å². The number of benzene rings is 1. The molecule has 1 nitrogen and oxygen atoms in total. The highest BCUT2D eigenvalue weighted by atomic mass is 16.2. The molecule has 1 aliphatic rings. The normalized spacial score (nSPS) is 12.8. The van der Waals surface area contributed by atoms with Crippen LogP contribution in [0.5, 0.6) is 0 Å². The van der Waals surface area contributed by atoms with Crippen molar-refractivity contribution in [3.8, 4) is 0 Å².